The maximum atomic E-state index is 14.4. The van der Waals surface area contributed by atoms with Gasteiger partial charge in [0.05, 0.1) is 11.0 Å². The number of nitrogens with one attached hydrogen (secondary N) is 2. The number of piperazine rings is 1. The van der Waals surface area contributed by atoms with Gasteiger partial charge in [-0.05, 0) is 31.2 Å². The van der Waals surface area contributed by atoms with Crippen molar-refractivity contribution in [2.24, 2.45) is 0 Å². The van der Waals surface area contributed by atoms with Crippen molar-refractivity contribution in [1.82, 2.24) is 20.3 Å². The molecule has 1 fully saturated rings. The van der Waals surface area contributed by atoms with Crippen LogP contribution in [0.15, 0.2) is 48.5 Å². The zero-order valence-corrected chi connectivity index (χ0v) is 16.3. The van der Waals surface area contributed by atoms with Gasteiger partial charge in [-0.3, -0.25) is 0 Å². The van der Waals surface area contributed by atoms with Crippen molar-refractivity contribution < 1.29 is 4.39 Å². The third-order valence-corrected chi connectivity index (χ3v) is 6.13. The number of anilines is 1. The van der Waals surface area contributed by atoms with E-state index in [1.165, 1.54) is 17.4 Å². The Morgan fingerprint density at radius 1 is 1.11 bits per heavy atom. The van der Waals surface area contributed by atoms with Crippen molar-refractivity contribution in [2.45, 2.75) is 13.0 Å². The molecule has 5 nitrogen and oxygen atoms in total. The van der Waals surface area contributed by atoms with Crippen molar-refractivity contribution in [3.05, 3.63) is 54.3 Å². The quantitative estimate of drug-likeness (QED) is 0.545. The third kappa shape index (κ3) is 3.06. The van der Waals surface area contributed by atoms with E-state index in [1.54, 1.807) is 12.1 Å². The second-order valence-corrected chi connectivity index (χ2v) is 8.03. The molecule has 0 spiro atoms. The Morgan fingerprint density at radius 2 is 1.93 bits per heavy atom. The fraction of sp³-hybridized carbons (Fsp3) is 0.238. The summed E-state index contributed by atoms with van der Waals surface area (Å²) < 4.78 is 14.4. The molecule has 0 bridgehead atoms. The van der Waals surface area contributed by atoms with E-state index in [9.17, 15) is 4.39 Å². The first-order valence-electron chi connectivity index (χ1n) is 9.38. The highest BCUT2D eigenvalue weighted by Gasteiger charge is 2.25. The van der Waals surface area contributed by atoms with E-state index < -0.39 is 0 Å². The molecular weight excluding hydrogens is 373 g/mol. The number of fused-ring (bicyclic) bond motifs is 1. The van der Waals surface area contributed by atoms with Crippen LogP contribution in [0.5, 0.6) is 0 Å². The van der Waals surface area contributed by atoms with Gasteiger partial charge in [0.1, 0.15) is 21.5 Å². The number of para-hydroxylation sites is 2. The number of aromatic nitrogens is 3. The lowest BCUT2D eigenvalue weighted by Gasteiger charge is -2.32. The average molecular weight is 393 g/mol. The van der Waals surface area contributed by atoms with E-state index in [2.05, 4.69) is 22.1 Å². The molecule has 28 heavy (non-hydrogen) atoms. The van der Waals surface area contributed by atoms with Crippen LogP contribution in [0, 0.1) is 5.82 Å². The minimum absolute atomic E-state index is 0.257. The molecule has 0 aliphatic carbocycles. The number of hydrogen-bond acceptors (Lipinski definition) is 5. The first-order chi connectivity index (χ1) is 13.7. The average Bonchev–Trinajstić information content (AvgIpc) is 3.32. The molecule has 2 aromatic carbocycles. The molecule has 5 rings (SSSR count). The number of nitrogens with zero attached hydrogens (tertiary/aromatic N) is 3. The molecule has 1 atom stereocenters. The molecule has 142 valence electrons. The summed E-state index contributed by atoms with van der Waals surface area (Å²) in [5.74, 6) is 0.467. The molecule has 0 unspecified atom stereocenters. The van der Waals surface area contributed by atoms with Gasteiger partial charge >= 0.3 is 0 Å². The number of rotatable bonds is 3. The Balaban J connectivity index is 1.66. The summed E-state index contributed by atoms with van der Waals surface area (Å²) in [6.45, 7) is 4.85. The Labute approximate surface area is 166 Å². The molecule has 7 heteroatoms. The van der Waals surface area contributed by atoms with E-state index in [-0.39, 0.29) is 5.82 Å². The van der Waals surface area contributed by atoms with Gasteiger partial charge in [-0.1, -0.05) is 35.6 Å². The van der Waals surface area contributed by atoms with Crippen molar-refractivity contribution >= 4 is 27.4 Å². The van der Waals surface area contributed by atoms with E-state index >= 15 is 0 Å². The van der Waals surface area contributed by atoms with Crippen LogP contribution in [-0.2, 0) is 0 Å². The number of thiazole rings is 1. The number of benzene rings is 2. The van der Waals surface area contributed by atoms with Crippen molar-refractivity contribution in [3.8, 4) is 22.1 Å². The van der Waals surface area contributed by atoms with Crippen LogP contribution in [0.25, 0.3) is 33.1 Å². The largest absolute Gasteiger partial charge is 0.359 e. The van der Waals surface area contributed by atoms with Crippen LogP contribution in [0.2, 0.25) is 0 Å². The fourth-order valence-corrected chi connectivity index (χ4v) is 4.74. The van der Waals surface area contributed by atoms with Crippen LogP contribution in [0.4, 0.5) is 9.39 Å². The first kappa shape index (κ1) is 17.3. The predicted octanol–water partition coefficient (Wildman–Crippen LogP) is 4.29. The Hall–Kier alpha value is -2.77. The second kappa shape index (κ2) is 7.00. The molecule has 4 aromatic rings. The molecule has 0 radical (unpaired) electrons. The minimum Gasteiger partial charge on any atom is -0.359 e. The Bertz CT molecular complexity index is 1100. The molecule has 0 amide bonds. The van der Waals surface area contributed by atoms with Gasteiger partial charge in [0, 0.05) is 31.2 Å². The molecule has 2 N–H and O–H groups in total. The van der Waals surface area contributed by atoms with Crippen molar-refractivity contribution in [1.29, 1.82) is 0 Å². The summed E-state index contributed by atoms with van der Waals surface area (Å²) in [5, 5.41) is 5.18. The van der Waals surface area contributed by atoms with Crippen LogP contribution < -0.4 is 10.2 Å². The van der Waals surface area contributed by atoms with E-state index in [1.807, 2.05) is 30.3 Å². The van der Waals surface area contributed by atoms with Gasteiger partial charge in [0.15, 0.2) is 5.82 Å². The standard InChI is InChI=1S/C21H20FN5S/c1-13-12-27(11-10-23-13)21-18(19-24-16-8-4-5-9-17(16)25-19)26-20(28-21)14-6-2-3-7-15(14)22/h2-9,13,23H,10-12H2,1H3,(H,24,25)/t13-/m1/s1. The van der Waals surface area contributed by atoms with Gasteiger partial charge in [-0.2, -0.15) is 0 Å². The predicted molar refractivity (Wildman–Crippen MR) is 112 cm³/mol. The lowest BCUT2D eigenvalue weighted by Crippen LogP contribution is -2.49. The number of imidazole rings is 1. The zero-order chi connectivity index (χ0) is 19.1. The second-order valence-electron chi connectivity index (χ2n) is 7.06. The lowest BCUT2D eigenvalue weighted by molar-refractivity contribution is 0.486. The fourth-order valence-electron chi connectivity index (χ4n) is 3.61. The lowest BCUT2D eigenvalue weighted by atomic mass is 10.2. The van der Waals surface area contributed by atoms with Crippen LogP contribution in [0.1, 0.15) is 6.92 Å². The zero-order valence-electron chi connectivity index (χ0n) is 15.4. The van der Waals surface area contributed by atoms with Gasteiger partial charge in [-0.15, -0.1) is 0 Å². The van der Waals surface area contributed by atoms with Crippen LogP contribution in [-0.4, -0.2) is 40.6 Å². The van der Waals surface area contributed by atoms with Gasteiger partial charge in [-0.25, -0.2) is 14.4 Å². The topological polar surface area (TPSA) is 56.8 Å². The number of H-pyrrole nitrogens is 1. The van der Waals surface area contributed by atoms with Gasteiger partial charge in [0.25, 0.3) is 0 Å². The molecule has 0 saturated carbocycles. The molecule has 1 aliphatic heterocycles. The van der Waals surface area contributed by atoms with Crippen molar-refractivity contribution in [2.75, 3.05) is 24.5 Å². The highest BCUT2D eigenvalue weighted by atomic mass is 32.1. The van der Waals surface area contributed by atoms with E-state index in [4.69, 9.17) is 9.97 Å². The third-order valence-electron chi connectivity index (χ3n) is 4.98. The normalized spacial score (nSPS) is 17.4. The highest BCUT2D eigenvalue weighted by Crippen LogP contribution is 2.40. The monoisotopic (exact) mass is 393 g/mol. The maximum absolute atomic E-state index is 14.4. The van der Waals surface area contributed by atoms with Crippen LogP contribution >= 0.6 is 11.3 Å². The SMILES string of the molecule is C[C@@H]1CN(c2sc(-c3ccccc3F)nc2-c2nc3ccccc3[nH]2)CCN1. The summed E-state index contributed by atoms with van der Waals surface area (Å²) in [7, 11) is 0. The molecular formula is C21H20FN5S. The van der Waals surface area contributed by atoms with Gasteiger partial charge < -0.3 is 15.2 Å². The van der Waals surface area contributed by atoms with Crippen LogP contribution in [0.3, 0.4) is 0 Å². The summed E-state index contributed by atoms with van der Waals surface area (Å²) in [5.41, 5.74) is 3.18. The molecule has 3 heterocycles. The summed E-state index contributed by atoms with van der Waals surface area (Å²) in [4.78, 5) is 15.3. The smallest absolute Gasteiger partial charge is 0.160 e. The summed E-state index contributed by atoms with van der Waals surface area (Å²) in [6.07, 6.45) is 0. The Kier molecular flexibility index (Phi) is 4.33. The number of hydrogen-bond donors (Lipinski definition) is 2. The molecule has 1 saturated heterocycles. The maximum Gasteiger partial charge on any atom is 0.160 e. The minimum atomic E-state index is -0.257. The van der Waals surface area contributed by atoms with E-state index in [0.29, 0.717) is 16.6 Å². The summed E-state index contributed by atoms with van der Waals surface area (Å²) in [6, 6.07) is 15.1. The van der Waals surface area contributed by atoms with Gasteiger partial charge in [0.2, 0.25) is 0 Å². The number of aromatic amines is 1. The van der Waals surface area contributed by atoms with E-state index in [0.717, 1.165) is 47.2 Å². The molecule has 1 aliphatic rings. The highest BCUT2D eigenvalue weighted by molar-refractivity contribution is 7.19. The molecule has 2 aromatic heterocycles. The van der Waals surface area contributed by atoms with Crippen molar-refractivity contribution in [3.63, 3.8) is 0 Å². The Morgan fingerprint density at radius 3 is 2.75 bits per heavy atom. The first-order valence-corrected chi connectivity index (χ1v) is 10.2. The number of halogens is 1. The summed E-state index contributed by atoms with van der Waals surface area (Å²) >= 11 is 1.53.